The van der Waals surface area contributed by atoms with Gasteiger partial charge in [-0.25, -0.2) is 14.8 Å². The molecular formula is C20H21N5O4. The molecule has 0 spiro atoms. The number of anilines is 1. The first-order chi connectivity index (χ1) is 14.2. The molecule has 9 heteroatoms. The number of fused-ring (bicyclic) bond motifs is 1. The van der Waals surface area contributed by atoms with Gasteiger partial charge in [0.1, 0.15) is 23.6 Å². The zero-order valence-corrected chi connectivity index (χ0v) is 16.1. The summed E-state index contributed by atoms with van der Waals surface area (Å²) in [6, 6.07) is 7.53. The van der Waals surface area contributed by atoms with Crippen molar-refractivity contribution in [3.8, 4) is 17.1 Å². The molecule has 0 bridgehead atoms. The van der Waals surface area contributed by atoms with Gasteiger partial charge in [-0.2, -0.15) is 5.10 Å². The van der Waals surface area contributed by atoms with Gasteiger partial charge in [0.15, 0.2) is 0 Å². The normalized spacial score (nSPS) is 17.9. The zero-order chi connectivity index (χ0) is 19.8. The Bertz CT molecular complexity index is 1060. The van der Waals surface area contributed by atoms with Crippen LogP contribution in [0.25, 0.3) is 22.3 Å². The van der Waals surface area contributed by atoms with Crippen LogP contribution in [0, 0.1) is 0 Å². The Morgan fingerprint density at radius 2 is 2.03 bits per heavy atom. The number of hydrogen-bond acceptors (Lipinski definition) is 8. The summed E-state index contributed by atoms with van der Waals surface area (Å²) in [4.78, 5) is 23.0. The quantitative estimate of drug-likeness (QED) is 0.654. The van der Waals surface area contributed by atoms with E-state index in [1.807, 2.05) is 24.3 Å². The molecule has 0 amide bonds. The maximum Gasteiger partial charge on any atom is 0.350 e. The van der Waals surface area contributed by atoms with E-state index < -0.39 is 5.60 Å². The topological polar surface area (TPSA) is 102 Å². The van der Waals surface area contributed by atoms with Crippen molar-refractivity contribution in [3.05, 3.63) is 30.6 Å². The number of nitrogens with zero attached hydrogens (tertiary/aromatic N) is 4. The van der Waals surface area contributed by atoms with Gasteiger partial charge >= 0.3 is 5.97 Å². The Hall–Kier alpha value is -3.20. The standard InChI is InChI=1S/C20H21N5O4/c1-27-19(26)20(4-5-20)29-13-2-3-15-14(10-13)18(24-23-15)16-11-17(22-12-21-16)25-6-8-28-9-7-25/h2-3,10-12H,4-9H2,1H3,(H,23,24). The van der Waals surface area contributed by atoms with Crippen molar-refractivity contribution in [1.29, 1.82) is 0 Å². The molecule has 1 aromatic carbocycles. The van der Waals surface area contributed by atoms with E-state index in [1.165, 1.54) is 7.11 Å². The maximum atomic E-state index is 12.0. The van der Waals surface area contributed by atoms with Crippen LogP contribution in [0.1, 0.15) is 12.8 Å². The summed E-state index contributed by atoms with van der Waals surface area (Å²) in [5.74, 6) is 1.12. The van der Waals surface area contributed by atoms with E-state index in [-0.39, 0.29) is 5.97 Å². The highest BCUT2D eigenvalue weighted by Crippen LogP contribution is 2.42. The fourth-order valence-corrected chi connectivity index (χ4v) is 3.57. The molecular weight excluding hydrogens is 374 g/mol. The van der Waals surface area contributed by atoms with Crippen molar-refractivity contribution >= 4 is 22.7 Å². The SMILES string of the molecule is COC(=O)C1(Oc2ccc3[nH]nc(-c4cc(N5CCOCC5)ncn4)c3c2)CC1. The number of aromatic nitrogens is 4. The summed E-state index contributed by atoms with van der Waals surface area (Å²) in [6.07, 6.45) is 2.87. The first kappa shape index (κ1) is 17.9. The summed E-state index contributed by atoms with van der Waals surface area (Å²) in [6.45, 7) is 2.97. The summed E-state index contributed by atoms with van der Waals surface area (Å²) in [5.41, 5.74) is 1.44. The molecule has 1 saturated carbocycles. The molecule has 1 aliphatic heterocycles. The van der Waals surface area contributed by atoms with E-state index in [4.69, 9.17) is 14.2 Å². The van der Waals surface area contributed by atoms with Gasteiger partial charge in [0, 0.05) is 37.4 Å². The lowest BCUT2D eigenvalue weighted by Gasteiger charge is -2.27. The molecule has 2 aromatic heterocycles. The number of ether oxygens (including phenoxy) is 3. The Morgan fingerprint density at radius 1 is 1.21 bits per heavy atom. The maximum absolute atomic E-state index is 12.0. The van der Waals surface area contributed by atoms with E-state index in [9.17, 15) is 4.79 Å². The number of H-pyrrole nitrogens is 1. The van der Waals surface area contributed by atoms with Crippen LogP contribution in [-0.2, 0) is 14.3 Å². The largest absolute Gasteiger partial charge is 0.476 e. The van der Waals surface area contributed by atoms with Crippen LogP contribution in [0.3, 0.4) is 0 Å². The average molecular weight is 395 g/mol. The van der Waals surface area contributed by atoms with E-state index in [0.29, 0.717) is 37.5 Å². The number of morpholine rings is 1. The van der Waals surface area contributed by atoms with Crippen molar-refractivity contribution in [2.24, 2.45) is 0 Å². The lowest BCUT2D eigenvalue weighted by atomic mass is 10.1. The molecule has 150 valence electrons. The van der Waals surface area contributed by atoms with E-state index in [2.05, 4.69) is 25.1 Å². The smallest absolute Gasteiger partial charge is 0.350 e. The molecule has 0 unspecified atom stereocenters. The Kier molecular flexibility index (Phi) is 4.31. The van der Waals surface area contributed by atoms with Gasteiger partial charge < -0.3 is 19.1 Å². The first-order valence-electron chi connectivity index (χ1n) is 9.59. The van der Waals surface area contributed by atoms with Crippen LogP contribution in [-0.4, -0.2) is 65.1 Å². The molecule has 9 nitrogen and oxygen atoms in total. The Morgan fingerprint density at radius 3 is 2.79 bits per heavy atom. The van der Waals surface area contributed by atoms with Crippen LogP contribution in [0.4, 0.5) is 5.82 Å². The van der Waals surface area contributed by atoms with Crippen LogP contribution < -0.4 is 9.64 Å². The van der Waals surface area contributed by atoms with Crippen LogP contribution in [0.5, 0.6) is 5.75 Å². The third kappa shape index (κ3) is 3.27. The van der Waals surface area contributed by atoms with Gasteiger partial charge in [-0.3, -0.25) is 5.10 Å². The monoisotopic (exact) mass is 395 g/mol. The molecule has 0 atom stereocenters. The minimum atomic E-state index is -0.856. The Balaban J connectivity index is 1.47. The second-order valence-corrected chi connectivity index (χ2v) is 7.23. The predicted octanol–water partition coefficient (Wildman–Crippen LogP) is 1.94. The van der Waals surface area contributed by atoms with Gasteiger partial charge in [-0.15, -0.1) is 0 Å². The zero-order valence-electron chi connectivity index (χ0n) is 16.1. The molecule has 1 aliphatic carbocycles. The minimum absolute atomic E-state index is 0.337. The highest BCUT2D eigenvalue weighted by atomic mass is 16.6. The lowest BCUT2D eigenvalue weighted by Crippen LogP contribution is -2.36. The third-order valence-corrected chi connectivity index (χ3v) is 5.34. The van der Waals surface area contributed by atoms with Gasteiger partial charge in [0.25, 0.3) is 0 Å². The summed E-state index contributed by atoms with van der Waals surface area (Å²) in [5, 5.41) is 8.35. The van der Waals surface area contributed by atoms with Crippen molar-refractivity contribution < 1.29 is 19.0 Å². The predicted molar refractivity (Wildman–Crippen MR) is 105 cm³/mol. The fourth-order valence-electron chi connectivity index (χ4n) is 3.57. The van der Waals surface area contributed by atoms with Crippen molar-refractivity contribution in [3.63, 3.8) is 0 Å². The highest BCUT2D eigenvalue weighted by molar-refractivity contribution is 5.93. The van der Waals surface area contributed by atoms with Crippen LogP contribution in [0.2, 0.25) is 0 Å². The summed E-state index contributed by atoms with van der Waals surface area (Å²) >= 11 is 0. The minimum Gasteiger partial charge on any atom is -0.476 e. The molecule has 2 aliphatic rings. The second kappa shape index (κ2) is 7.00. The number of aromatic amines is 1. The molecule has 1 N–H and O–H groups in total. The molecule has 2 fully saturated rings. The lowest BCUT2D eigenvalue weighted by molar-refractivity contribution is -0.151. The number of carbonyl (C=O) groups excluding carboxylic acids is 1. The Labute approximate surface area is 167 Å². The first-order valence-corrected chi connectivity index (χ1v) is 9.59. The molecule has 0 radical (unpaired) electrons. The van der Waals surface area contributed by atoms with E-state index in [0.717, 1.165) is 35.5 Å². The van der Waals surface area contributed by atoms with E-state index in [1.54, 1.807) is 6.33 Å². The number of nitrogens with one attached hydrogen (secondary N) is 1. The van der Waals surface area contributed by atoms with Crippen molar-refractivity contribution in [1.82, 2.24) is 20.2 Å². The average Bonchev–Trinajstić information content (AvgIpc) is 3.44. The summed E-state index contributed by atoms with van der Waals surface area (Å²) < 4.78 is 16.3. The molecule has 29 heavy (non-hydrogen) atoms. The van der Waals surface area contributed by atoms with Gasteiger partial charge in [0.05, 0.1) is 31.5 Å². The number of rotatable bonds is 5. The number of esters is 1. The number of methoxy groups -OCH3 is 1. The van der Waals surface area contributed by atoms with Crippen LogP contribution in [0.15, 0.2) is 30.6 Å². The molecule has 1 saturated heterocycles. The third-order valence-electron chi connectivity index (χ3n) is 5.34. The van der Waals surface area contributed by atoms with Gasteiger partial charge in [-0.1, -0.05) is 0 Å². The number of carbonyl (C=O) groups is 1. The molecule has 5 rings (SSSR count). The van der Waals surface area contributed by atoms with Crippen molar-refractivity contribution in [2.75, 3.05) is 38.3 Å². The van der Waals surface area contributed by atoms with E-state index >= 15 is 0 Å². The molecule has 3 heterocycles. The summed E-state index contributed by atoms with van der Waals surface area (Å²) in [7, 11) is 1.38. The highest BCUT2D eigenvalue weighted by Gasteiger charge is 2.54. The fraction of sp³-hybridized carbons (Fsp3) is 0.400. The number of hydrogen-bond donors (Lipinski definition) is 1. The van der Waals surface area contributed by atoms with Gasteiger partial charge in [-0.05, 0) is 18.2 Å². The number of benzene rings is 1. The molecule has 3 aromatic rings. The second-order valence-electron chi connectivity index (χ2n) is 7.23. The van der Waals surface area contributed by atoms with Crippen molar-refractivity contribution in [2.45, 2.75) is 18.4 Å². The van der Waals surface area contributed by atoms with Gasteiger partial charge in [0.2, 0.25) is 5.60 Å². The van der Waals surface area contributed by atoms with Crippen LogP contribution >= 0.6 is 0 Å².